The number of benzene rings is 2. The molecular formula is C24H22FN3O2. The Labute approximate surface area is 173 Å². The van der Waals surface area contributed by atoms with Gasteiger partial charge in [-0.15, -0.1) is 0 Å². The van der Waals surface area contributed by atoms with Crippen molar-refractivity contribution in [3.8, 4) is 0 Å². The highest BCUT2D eigenvalue weighted by molar-refractivity contribution is 5.91. The summed E-state index contributed by atoms with van der Waals surface area (Å²) >= 11 is 0. The predicted octanol–water partition coefficient (Wildman–Crippen LogP) is 4.25. The SMILES string of the molecule is Cc1ccc(NC(=O)Cn2ccc3ccn(Cc4ccccc4F)c3c2=O)c(C)c1. The number of pyridine rings is 1. The molecule has 0 saturated heterocycles. The molecule has 4 rings (SSSR count). The van der Waals surface area contributed by atoms with E-state index >= 15 is 0 Å². The number of anilines is 1. The molecule has 0 radical (unpaired) electrons. The summed E-state index contributed by atoms with van der Waals surface area (Å²) in [4.78, 5) is 25.6. The molecule has 0 spiro atoms. The lowest BCUT2D eigenvalue weighted by molar-refractivity contribution is -0.116. The van der Waals surface area contributed by atoms with Crippen molar-refractivity contribution in [2.45, 2.75) is 26.9 Å². The van der Waals surface area contributed by atoms with Gasteiger partial charge in [0.15, 0.2) is 0 Å². The average molecular weight is 403 g/mol. The minimum absolute atomic E-state index is 0.104. The van der Waals surface area contributed by atoms with Crippen LogP contribution >= 0.6 is 0 Å². The number of amides is 1. The van der Waals surface area contributed by atoms with Gasteiger partial charge in [-0.3, -0.25) is 9.59 Å². The third kappa shape index (κ3) is 3.89. The van der Waals surface area contributed by atoms with E-state index in [1.54, 1.807) is 41.2 Å². The maximum absolute atomic E-state index is 14.0. The molecule has 0 aliphatic heterocycles. The first-order valence-electron chi connectivity index (χ1n) is 9.71. The maximum Gasteiger partial charge on any atom is 0.275 e. The van der Waals surface area contributed by atoms with Gasteiger partial charge in [0.1, 0.15) is 17.9 Å². The fourth-order valence-electron chi connectivity index (χ4n) is 3.61. The van der Waals surface area contributed by atoms with Crippen molar-refractivity contribution in [2.75, 3.05) is 5.32 Å². The lowest BCUT2D eigenvalue weighted by atomic mass is 10.1. The van der Waals surface area contributed by atoms with Crippen LogP contribution in [0.2, 0.25) is 0 Å². The first kappa shape index (κ1) is 19.6. The van der Waals surface area contributed by atoms with Gasteiger partial charge in [0, 0.05) is 29.0 Å². The summed E-state index contributed by atoms with van der Waals surface area (Å²) in [7, 11) is 0. The highest BCUT2D eigenvalue weighted by Crippen LogP contribution is 2.17. The molecule has 0 atom stereocenters. The van der Waals surface area contributed by atoms with Crippen LogP contribution in [0.15, 0.2) is 71.8 Å². The molecule has 6 heteroatoms. The van der Waals surface area contributed by atoms with E-state index in [0.29, 0.717) is 11.1 Å². The van der Waals surface area contributed by atoms with E-state index in [9.17, 15) is 14.0 Å². The Bertz CT molecular complexity index is 1300. The van der Waals surface area contributed by atoms with Gasteiger partial charge in [0.05, 0.1) is 6.54 Å². The van der Waals surface area contributed by atoms with Gasteiger partial charge in [0.25, 0.3) is 5.56 Å². The molecule has 0 aliphatic carbocycles. The molecule has 0 saturated carbocycles. The molecule has 0 unspecified atom stereocenters. The highest BCUT2D eigenvalue weighted by Gasteiger charge is 2.13. The number of carbonyl (C=O) groups is 1. The largest absolute Gasteiger partial charge is 0.338 e. The summed E-state index contributed by atoms with van der Waals surface area (Å²) in [6, 6.07) is 15.9. The van der Waals surface area contributed by atoms with Crippen molar-refractivity contribution in [3.05, 3.63) is 99.9 Å². The fraction of sp³-hybridized carbons (Fsp3) is 0.167. The topological polar surface area (TPSA) is 56.0 Å². The lowest BCUT2D eigenvalue weighted by Gasteiger charge is -2.11. The zero-order valence-electron chi connectivity index (χ0n) is 16.9. The predicted molar refractivity (Wildman–Crippen MR) is 116 cm³/mol. The van der Waals surface area contributed by atoms with Crippen LogP contribution in [-0.2, 0) is 17.9 Å². The molecule has 5 nitrogen and oxygen atoms in total. The van der Waals surface area contributed by atoms with Crippen LogP contribution < -0.4 is 10.9 Å². The minimum Gasteiger partial charge on any atom is -0.338 e. The number of nitrogens with zero attached hydrogens (tertiary/aromatic N) is 2. The third-order valence-corrected chi connectivity index (χ3v) is 5.16. The number of halogens is 1. The Hall–Kier alpha value is -3.67. The van der Waals surface area contributed by atoms with Crippen LogP contribution in [0.25, 0.3) is 10.9 Å². The molecule has 0 fully saturated rings. The van der Waals surface area contributed by atoms with Gasteiger partial charge >= 0.3 is 0 Å². The van der Waals surface area contributed by atoms with Crippen molar-refractivity contribution >= 4 is 22.5 Å². The van der Waals surface area contributed by atoms with Gasteiger partial charge < -0.3 is 14.5 Å². The summed E-state index contributed by atoms with van der Waals surface area (Å²) in [6.45, 7) is 4.05. The van der Waals surface area contributed by atoms with Crippen LogP contribution in [0.3, 0.4) is 0 Å². The quantitative estimate of drug-likeness (QED) is 0.542. The molecule has 1 N–H and O–H groups in total. The van der Waals surface area contributed by atoms with Crippen LogP contribution in [0, 0.1) is 19.7 Å². The van der Waals surface area contributed by atoms with Crippen molar-refractivity contribution in [3.63, 3.8) is 0 Å². The molecule has 0 bridgehead atoms. The summed E-state index contributed by atoms with van der Waals surface area (Å²) < 4.78 is 17.1. The molecule has 0 aliphatic rings. The van der Waals surface area contributed by atoms with Crippen LogP contribution in [0.5, 0.6) is 0 Å². The molecule has 1 amide bonds. The second kappa shape index (κ2) is 7.99. The Morgan fingerprint density at radius 2 is 1.73 bits per heavy atom. The molecular weight excluding hydrogens is 381 g/mol. The molecule has 4 aromatic rings. The molecule has 2 aromatic carbocycles. The van der Waals surface area contributed by atoms with E-state index < -0.39 is 0 Å². The summed E-state index contributed by atoms with van der Waals surface area (Å²) in [5.74, 6) is -0.598. The van der Waals surface area contributed by atoms with Gasteiger partial charge in [-0.05, 0) is 43.7 Å². The number of hydrogen-bond donors (Lipinski definition) is 1. The van der Waals surface area contributed by atoms with Crippen molar-refractivity contribution in [2.24, 2.45) is 0 Å². The van der Waals surface area contributed by atoms with Gasteiger partial charge in [-0.1, -0.05) is 35.9 Å². The molecule has 2 aromatic heterocycles. The van der Waals surface area contributed by atoms with Crippen LogP contribution in [-0.4, -0.2) is 15.0 Å². The first-order chi connectivity index (χ1) is 14.4. The van der Waals surface area contributed by atoms with E-state index in [0.717, 1.165) is 22.2 Å². The smallest absolute Gasteiger partial charge is 0.275 e. The standard InChI is InChI=1S/C24H22FN3O2/c1-16-7-8-21(17(2)13-16)26-22(29)15-28-12-10-18-9-11-27(23(18)24(28)30)14-19-5-3-4-6-20(19)25/h3-13H,14-15H2,1-2H3,(H,26,29). The summed E-state index contributed by atoms with van der Waals surface area (Å²) in [5.41, 5.74) is 3.46. The van der Waals surface area contributed by atoms with E-state index in [4.69, 9.17) is 0 Å². The zero-order valence-corrected chi connectivity index (χ0v) is 16.9. The Morgan fingerprint density at radius 3 is 2.47 bits per heavy atom. The Balaban J connectivity index is 1.61. The molecule has 152 valence electrons. The second-order valence-corrected chi connectivity index (χ2v) is 7.45. The van der Waals surface area contributed by atoms with Crippen LogP contribution in [0.4, 0.5) is 10.1 Å². The minimum atomic E-state index is -0.316. The normalized spacial score (nSPS) is 11.0. The number of hydrogen-bond acceptors (Lipinski definition) is 2. The fourth-order valence-corrected chi connectivity index (χ4v) is 3.61. The van der Waals surface area contributed by atoms with E-state index in [-0.39, 0.29) is 30.4 Å². The maximum atomic E-state index is 14.0. The summed E-state index contributed by atoms with van der Waals surface area (Å²) in [5, 5.41) is 3.61. The van der Waals surface area contributed by atoms with E-state index in [1.807, 2.05) is 38.1 Å². The van der Waals surface area contributed by atoms with Crippen molar-refractivity contribution < 1.29 is 9.18 Å². The van der Waals surface area contributed by atoms with Crippen LogP contribution in [0.1, 0.15) is 16.7 Å². The highest BCUT2D eigenvalue weighted by atomic mass is 19.1. The second-order valence-electron chi connectivity index (χ2n) is 7.45. The summed E-state index contributed by atoms with van der Waals surface area (Å²) in [6.07, 6.45) is 3.37. The van der Waals surface area contributed by atoms with E-state index in [2.05, 4.69) is 5.32 Å². The molecule has 30 heavy (non-hydrogen) atoms. The number of rotatable bonds is 5. The number of aromatic nitrogens is 2. The Morgan fingerprint density at radius 1 is 1.00 bits per heavy atom. The lowest BCUT2D eigenvalue weighted by Crippen LogP contribution is -2.28. The average Bonchev–Trinajstić information content (AvgIpc) is 3.12. The number of aryl methyl sites for hydroxylation is 2. The van der Waals surface area contributed by atoms with Gasteiger partial charge in [-0.2, -0.15) is 0 Å². The first-order valence-corrected chi connectivity index (χ1v) is 9.71. The van der Waals surface area contributed by atoms with Gasteiger partial charge in [0.2, 0.25) is 5.91 Å². The monoisotopic (exact) mass is 403 g/mol. The Kier molecular flexibility index (Phi) is 5.23. The van der Waals surface area contributed by atoms with Gasteiger partial charge in [-0.25, -0.2) is 4.39 Å². The number of carbonyl (C=O) groups excluding carboxylic acids is 1. The van der Waals surface area contributed by atoms with Crippen molar-refractivity contribution in [1.82, 2.24) is 9.13 Å². The zero-order chi connectivity index (χ0) is 21.3. The van der Waals surface area contributed by atoms with E-state index in [1.165, 1.54) is 10.6 Å². The van der Waals surface area contributed by atoms with Crippen molar-refractivity contribution in [1.29, 1.82) is 0 Å². The number of nitrogens with one attached hydrogen (secondary N) is 1. The third-order valence-electron chi connectivity index (χ3n) is 5.16. The molecule has 2 heterocycles. The number of fused-ring (bicyclic) bond motifs is 1.